The second kappa shape index (κ2) is 14.2. The minimum Gasteiger partial charge on any atom is -0.241 e. The first-order valence-electron chi connectivity index (χ1n) is 11.1. The summed E-state index contributed by atoms with van der Waals surface area (Å²) in [4.78, 5) is 0. The molecule has 0 aliphatic heterocycles. The van der Waals surface area contributed by atoms with Crippen molar-refractivity contribution in [3.63, 3.8) is 0 Å². The molecular formula is C24H44N2. The predicted octanol–water partition coefficient (Wildman–Crippen LogP) is 6.77. The van der Waals surface area contributed by atoms with Crippen molar-refractivity contribution in [2.45, 2.75) is 85.6 Å². The highest BCUT2D eigenvalue weighted by atomic mass is 15.6. The normalized spacial score (nSPS) is 14.1. The summed E-state index contributed by atoms with van der Waals surface area (Å²) in [6, 6.07) is 10.9. The van der Waals surface area contributed by atoms with Crippen molar-refractivity contribution >= 4 is 0 Å². The first-order valence-corrected chi connectivity index (χ1v) is 11.1. The summed E-state index contributed by atoms with van der Waals surface area (Å²) in [6.45, 7) is 12.8. The molecule has 1 aromatic rings. The maximum atomic E-state index is 2.67. The third-order valence-corrected chi connectivity index (χ3v) is 5.76. The molecule has 2 atom stereocenters. The summed E-state index contributed by atoms with van der Waals surface area (Å²) in [5.74, 6) is 1.63. The van der Waals surface area contributed by atoms with Crippen LogP contribution >= 0.6 is 0 Å². The lowest BCUT2D eigenvalue weighted by molar-refractivity contribution is -0.0366. The number of unbranched alkanes of at least 4 members (excludes halogenated alkanes) is 2. The van der Waals surface area contributed by atoms with Crippen LogP contribution in [0.4, 0.5) is 0 Å². The van der Waals surface area contributed by atoms with Crippen LogP contribution in [-0.4, -0.2) is 30.2 Å². The zero-order valence-electron chi connectivity index (χ0n) is 18.2. The van der Waals surface area contributed by atoms with Crippen LogP contribution in [0.25, 0.3) is 0 Å². The average molecular weight is 361 g/mol. The summed E-state index contributed by atoms with van der Waals surface area (Å²) < 4.78 is 0. The van der Waals surface area contributed by atoms with Crippen LogP contribution in [0.15, 0.2) is 30.3 Å². The predicted molar refractivity (Wildman–Crippen MR) is 116 cm³/mol. The third-order valence-electron chi connectivity index (χ3n) is 5.76. The molecule has 0 heterocycles. The smallest absolute Gasteiger partial charge is 0.0381 e. The molecule has 0 amide bonds. The Balaban J connectivity index is 2.77. The molecule has 0 radical (unpaired) electrons. The zero-order valence-corrected chi connectivity index (χ0v) is 18.2. The Kier molecular flexibility index (Phi) is 12.7. The van der Waals surface area contributed by atoms with Gasteiger partial charge in [-0.3, -0.25) is 0 Å². The van der Waals surface area contributed by atoms with Crippen molar-refractivity contribution in [2.24, 2.45) is 11.8 Å². The van der Waals surface area contributed by atoms with E-state index in [4.69, 9.17) is 0 Å². The molecule has 2 unspecified atom stereocenters. The quantitative estimate of drug-likeness (QED) is 0.318. The Hall–Kier alpha value is -0.860. The minimum atomic E-state index is 0.817. The van der Waals surface area contributed by atoms with E-state index in [1.165, 1.54) is 70.0 Å². The van der Waals surface area contributed by atoms with Gasteiger partial charge in [-0.15, -0.1) is 0 Å². The number of rotatable bonds is 15. The van der Waals surface area contributed by atoms with E-state index in [1.54, 1.807) is 0 Å². The number of hydrazine groups is 1. The topological polar surface area (TPSA) is 6.48 Å². The van der Waals surface area contributed by atoms with E-state index in [9.17, 15) is 0 Å². The van der Waals surface area contributed by atoms with Gasteiger partial charge in [0.05, 0.1) is 0 Å². The van der Waals surface area contributed by atoms with Crippen molar-refractivity contribution < 1.29 is 0 Å². The van der Waals surface area contributed by atoms with Crippen molar-refractivity contribution in [1.82, 2.24) is 10.0 Å². The second-order valence-corrected chi connectivity index (χ2v) is 8.01. The molecule has 150 valence electrons. The lowest BCUT2D eigenvalue weighted by atomic mass is 9.96. The fourth-order valence-corrected chi connectivity index (χ4v) is 3.73. The molecule has 0 bridgehead atoms. The van der Waals surface area contributed by atoms with E-state index in [0.29, 0.717) is 0 Å². The number of hydrogen-bond donors (Lipinski definition) is 0. The van der Waals surface area contributed by atoms with Gasteiger partial charge in [-0.25, -0.2) is 10.0 Å². The van der Waals surface area contributed by atoms with Crippen LogP contribution in [-0.2, 0) is 6.54 Å². The van der Waals surface area contributed by atoms with Gasteiger partial charge in [-0.05, 0) is 30.2 Å². The van der Waals surface area contributed by atoms with Crippen LogP contribution in [0.2, 0.25) is 0 Å². The highest BCUT2D eigenvalue weighted by molar-refractivity contribution is 5.14. The Morgan fingerprint density at radius 2 is 1.27 bits per heavy atom. The van der Waals surface area contributed by atoms with E-state index in [2.05, 4.69) is 75.1 Å². The van der Waals surface area contributed by atoms with Gasteiger partial charge in [-0.2, -0.15) is 0 Å². The number of benzene rings is 1. The maximum Gasteiger partial charge on any atom is 0.0381 e. The molecule has 0 N–H and O–H groups in total. The van der Waals surface area contributed by atoms with Gasteiger partial charge in [-0.1, -0.05) is 96.6 Å². The molecule has 1 aromatic carbocycles. The van der Waals surface area contributed by atoms with E-state index in [0.717, 1.165) is 18.4 Å². The number of nitrogens with zero attached hydrogens (tertiary/aromatic N) is 2. The largest absolute Gasteiger partial charge is 0.241 e. The van der Waals surface area contributed by atoms with Crippen molar-refractivity contribution in [3.05, 3.63) is 35.9 Å². The molecule has 2 heteroatoms. The first-order chi connectivity index (χ1) is 12.6. The Bertz CT molecular complexity index is 413. The number of hydrogen-bond acceptors (Lipinski definition) is 2. The van der Waals surface area contributed by atoms with Crippen LogP contribution in [0.3, 0.4) is 0 Å². The van der Waals surface area contributed by atoms with E-state index < -0.39 is 0 Å². The lowest BCUT2D eigenvalue weighted by Crippen LogP contribution is -2.45. The van der Waals surface area contributed by atoms with Gasteiger partial charge < -0.3 is 0 Å². The van der Waals surface area contributed by atoms with Crippen LogP contribution < -0.4 is 0 Å². The van der Waals surface area contributed by atoms with Crippen molar-refractivity contribution in [3.8, 4) is 0 Å². The van der Waals surface area contributed by atoms with Crippen LogP contribution in [0.1, 0.15) is 84.6 Å². The molecule has 2 nitrogen and oxygen atoms in total. The Morgan fingerprint density at radius 3 is 1.69 bits per heavy atom. The molecule has 0 saturated carbocycles. The fraction of sp³-hybridized carbons (Fsp3) is 0.750. The molecule has 0 aliphatic carbocycles. The Morgan fingerprint density at radius 1 is 0.769 bits per heavy atom. The molecular weight excluding hydrogens is 316 g/mol. The van der Waals surface area contributed by atoms with Crippen LogP contribution in [0.5, 0.6) is 0 Å². The van der Waals surface area contributed by atoms with E-state index in [1.807, 2.05) is 0 Å². The van der Waals surface area contributed by atoms with Crippen molar-refractivity contribution in [1.29, 1.82) is 0 Å². The van der Waals surface area contributed by atoms with Gasteiger partial charge in [0, 0.05) is 26.7 Å². The van der Waals surface area contributed by atoms with E-state index in [-0.39, 0.29) is 0 Å². The second-order valence-electron chi connectivity index (χ2n) is 8.01. The highest BCUT2D eigenvalue weighted by Crippen LogP contribution is 2.20. The fourth-order valence-electron chi connectivity index (χ4n) is 3.73. The van der Waals surface area contributed by atoms with Gasteiger partial charge in [0.2, 0.25) is 0 Å². The van der Waals surface area contributed by atoms with Crippen LogP contribution in [0, 0.1) is 11.8 Å². The monoisotopic (exact) mass is 360 g/mol. The lowest BCUT2D eigenvalue weighted by Gasteiger charge is -2.37. The molecule has 0 aliphatic rings. The van der Waals surface area contributed by atoms with Gasteiger partial charge in [0.15, 0.2) is 0 Å². The molecule has 1 rings (SSSR count). The van der Waals surface area contributed by atoms with Gasteiger partial charge in [0.25, 0.3) is 0 Å². The average Bonchev–Trinajstić information content (AvgIpc) is 2.67. The summed E-state index contributed by atoms with van der Waals surface area (Å²) in [5, 5.41) is 5.15. The molecule has 26 heavy (non-hydrogen) atoms. The van der Waals surface area contributed by atoms with Gasteiger partial charge >= 0.3 is 0 Å². The summed E-state index contributed by atoms with van der Waals surface area (Å²) in [6.07, 6.45) is 10.7. The first kappa shape index (κ1) is 23.2. The van der Waals surface area contributed by atoms with E-state index >= 15 is 0 Å². The summed E-state index contributed by atoms with van der Waals surface area (Å²) >= 11 is 0. The minimum absolute atomic E-state index is 0.817. The highest BCUT2D eigenvalue weighted by Gasteiger charge is 2.20. The van der Waals surface area contributed by atoms with Crippen molar-refractivity contribution in [2.75, 3.05) is 20.1 Å². The SMILES string of the molecule is CCCCC(CC)CN(CC(CC)CCCC)N(C)Cc1ccccc1. The summed E-state index contributed by atoms with van der Waals surface area (Å²) in [5.41, 5.74) is 1.41. The Labute approximate surface area is 163 Å². The maximum absolute atomic E-state index is 2.67. The summed E-state index contributed by atoms with van der Waals surface area (Å²) in [7, 11) is 2.28. The molecule has 0 saturated heterocycles. The zero-order chi connectivity index (χ0) is 19.2. The molecule has 0 aromatic heterocycles. The molecule has 0 fully saturated rings. The third kappa shape index (κ3) is 9.19. The molecule has 0 spiro atoms. The standard InChI is InChI=1S/C24H44N2/c1-6-10-15-22(8-3)20-26(21-23(9-4)16-11-7-2)25(5)19-24-17-13-12-14-18-24/h12-14,17-18,22-23H,6-11,15-16,19-21H2,1-5H3. The van der Waals surface area contributed by atoms with Gasteiger partial charge in [0.1, 0.15) is 0 Å².